The SMILES string of the molecule is OC1CCN(C2CCCC(Cl)CC2)CC1. The summed E-state index contributed by atoms with van der Waals surface area (Å²) >= 11 is 6.19. The molecule has 1 N–H and O–H groups in total. The molecular weight excluding hydrogens is 210 g/mol. The molecule has 2 nitrogen and oxygen atoms in total. The minimum absolute atomic E-state index is 0.0483. The first kappa shape index (κ1) is 11.7. The maximum atomic E-state index is 9.48. The van der Waals surface area contributed by atoms with Crippen LogP contribution in [0, 0.1) is 0 Å². The average molecular weight is 232 g/mol. The van der Waals surface area contributed by atoms with E-state index in [1.54, 1.807) is 0 Å². The van der Waals surface area contributed by atoms with E-state index in [-0.39, 0.29) is 6.10 Å². The molecule has 2 unspecified atom stereocenters. The van der Waals surface area contributed by atoms with E-state index in [9.17, 15) is 5.11 Å². The second-order valence-corrected chi connectivity index (χ2v) is 5.64. The molecule has 1 aliphatic heterocycles. The third-order valence-electron chi connectivity index (χ3n) is 3.88. The van der Waals surface area contributed by atoms with Gasteiger partial charge in [-0.15, -0.1) is 11.6 Å². The highest BCUT2D eigenvalue weighted by Crippen LogP contribution is 2.27. The zero-order valence-corrected chi connectivity index (χ0v) is 10.1. The Bertz CT molecular complexity index is 192. The van der Waals surface area contributed by atoms with Gasteiger partial charge in [0.1, 0.15) is 0 Å². The highest BCUT2D eigenvalue weighted by Gasteiger charge is 2.26. The second kappa shape index (κ2) is 5.51. The molecule has 1 heterocycles. The Balaban J connectivity index is 1.82. The van der Waals surface area contributed by atoms with Crippen LogP contribution in [0.25, 0.3) is 0 Å². The molecule has 0 aromatic rings. The average Bonchev–Trinajstić information content (AvgIpc) is 2.44. The third-order valence-corrected chi connectivity index (χ3v) is 4.32. The molecule has 0 spiro atoms. The second-order valence-electron chi connectivity index (χ2n) is 5.03. The maximum Gasteiger partial charge on any atom is 0.0564 e. The van der Waals surface area contributed by atoms with E-state index in [0.29, 0.717) is 5.38 Å². The van der Waals surface area contributed by atoms with Crippen molar-refractivity contribution in [1.82, 2.24) is 4.90 Å². The molecule has 2 fully saturated rings. The molecule has 0 amide bonds. The lowest BCUT2D eigenvalue weighted by Crippen LogP contribution is -2.42. The van der Waals surface area contributed by atoms with Crippen molar-refractivity contribution < 1.29 is 5.11 Å². The summed E-state index contributed by atoms with van der Waals surface area (Å²) in [5.41, 5.74) is 0. The number of halogens is 1. The number of hydrogen-bond acceptors (Lipinski definition) is 2. The molecule has 0 radical (unpaired) electrons. The van der Waals surface area contributed by atoms with Crippen molar-refractivity contribution in [2.45, 2.75) is 62.5 Å². The van der Waals surface area contributed by atoms with E-state index in [2.05, 4.69) is 4.90 Å². The zero-order valence-electron chi connectivity index (χ0n) is 9.37. The van der Waals surface area contributed by atoms with Crippen molar-refractivity contribution in [2.24, 2.45) is 0 Å². The van der Waals surface area contributed by atoms with Crippen LogP contribution in [0.5, 0.6) is 0 Å². The lowest BCUT2D eigenvalue weighted by atomic mass is 10.0. The van der Waals surface area contributed by atoms with E-state index >= 15 is 0 Å². The van der Waals surface area contributed by atoms with E-state index in [4.69, 9.17) is 11.6 Å². The smallest absolute Gasteiger partial charge is 0.0564 e. The molecule has 2 rings (SSSR count). The number of hydrogen-bond donors (Lipinski definition) is 1. The van der Waals surface area contributed by atoms with E-state index in [1.807, 2.05) is 0 Å². The minimum Gasteiger partial charge on any atom is -0.393 e. The van der Waals surface area contributed by atoms with E-state index in [0.717, 1.165) is 32.0 Å². The normalized spacial score (nSPS) is 36.4. The predicted molar refractivity (Wildman–Crippen MR) is 63.3 cm³/mol. The van der Waals surface area contributed by atoms with E-state index < -0.39 is 0 Å². The molecular formula is C12H22ClNO. The molecule has 0 aromatic carbocycles. The Labute approximate surface area is 97.6 Å². The molecule has 15 heavy (non-hydrogen) atoms. The monoisotopic (exact) mass is 231 g/mol. The summed E-state index contributed by atoms with van der Waals surface area (Å²) in [7, 11) is 0. The topological polar surface area (TPSA) is 23.5 Å². The highest BCUT2D eigenvalue weighted by atomic mass is 35.5. The summed E-state index contributed by atoms with van der Waals surface area (Å²) in [4.78, 5) is 2.57. The van der Waals surface area contributed by atoms with Gasteiger partial charge in [0.2, 0.25) is 0 Å². The van der Waals surface area contributed by atoms with Gasteiger partial charge in [-0.05, 0) is 38.5 Å². The van der Waals surface area contributed by atoms with Crippen LogP contribution in [0.1, 0.15) is 44.9 Å². The Hall–Kier alpha value is 0.210. The maximum absolute atomic E-state index is 9.48. The number of alkyl halides is 1. The first-order valence-corrected chi connectivity index (χ1v) is 6.75. The zero-order chi connectivity index (χ0) is 10.7. The number of piperidine rings is 1. The fourth-order valence-electron chi connectivity index (χ4n) is 2.85. The summed E-state index contributed by atoms with van der Waals surface area (Å²) in [6.45, 7) is 2.16. The van der Waals surface area contributed by atoms with E-state index in [1.165, 1.54) is 32.1 Å². The third kappa shape index (κ3) is 3.33. The summed E-state index contributed by atoms with van der Waals surface area (Å²) in [6, 6.07) is 0.737. The van der Waals surface area contributed by atoms with Gasteiger partial charge in [-0.3, -0.25) is 0 Å². The summed E-state index contributed by atoms with van der Waals surface area (Å²) in [5.74, 6) is 0. The largest absolute Gasteiger partial charge is 0.393 e. The van der Waals surface area contributed by atoms with Gasteiger partial charge >= 0.3 is 0 Å². The summed E-state index contributed by atoms with van der Waals surface area (Å²) < 4.78 is 0. The lowest BCUT2D eigenvalue weighted by Gasteiger charge is -2.35. The molecule has 3 heteroatoms. The fourth-order valence-corrected chi connectivity index (χ4v) is 3.13. The molecule has 88 valence electrons. The van der Waals surface area contributed by atoms with Crippen molar-refractivity contribution >= 4 is 11.6 Å². The molecule has 1 saturated carbocycles. The van der Waals surface area contributed by atoms with Gasteiger partial charge in [0, 0.05) is 24.5 Å². The number of aliphatic hydroxyl groups is 1. The van der Waals surface area contributed by atoms with Gasteiger partial charge in [-0.1, -0.05) is 6.42 Å². The number of rotatable bonds is 1. The predicted octanol–water partition coefficient (Wildman–Crippen LogP) is 2.38. The lowest BCUT2D eigenvalue weighted by molar-refractivity contribution is 0.0567. The van der Waals surface area contributed by atoms with Crippen LogP contribution in [0.15, 0.2) is 0 Å². The standard InChI is InChI=1S/C12H22ClNO/c13-10-2-1-3-11(5-4-10)14-8-6-12(15)7-9-14/h10-12,15H,1-9H2. The molecule has 1 saturated heterocycles. The Morgan fingerprint density at radius 1 is 0.933 bits per heavy atom. The molecule has 0 bridgehead atoms. The first-order chi connectivity index (χ1) is 7.25. The van der Waals surface area contributed by atoms with Gasteiger partial charge in [0.05, 0.1) is 6.10 Å². The number of aliphatic hydroxyl groups excluding tert-OH is 1. The first-order valence-electron chi connectivity index (χ1n) is 6.32. The summed E-state index contributed by atoms with van der Waals surface area (Å²) in [5, 5.41) is 9.88. The number of likely N-dealkylation sites (tertiary alicyclic amines) is 1. The number of nitrogens with zero attached hydrogens (tertiary/aromatic N) is 1. The van der Waals surface area contributed by atoms with Crippen LogP contribution < -0.4 is 0 Å². The van der Waals surface area contributed by atoms with Crippen LogP contribution in [0.2, 0.25) is 0 Å². The molecule has 1 aliphatic carbocycles. The Morgan fingerprint density at radius 2 is 1.67 bits per heavy atom. The van der Waals surface area contributed by atoms with Gasteiger partial charge in [-0.25, -0.2) is 0 Å². The molecule has 0 aromatic heterocycles. The van der Waals surface area contributed by atoms with Gasteiger partial charge in [-0.2, -0.15) is 0 Å². The Kier molecular flexibility index (Phi) is 4.30. The van der Waals surface area contributed by atoms with Crippen molar-refractivity contribution in [3.05, 3.63) is 0 Å². The minimum atomic E-state index is -0.0483. The van der Waals surface area contributed by atoms with Gasteiger partial charge < -0.3 is 10.0 Å². The van der Waals surface area contributed by atoms with Crippen LogP contribution in [-0.2, 0) is 0 Å². The Morgan fingerprint density at radius 3 is 2.40 bits per heavy atom. The van der Waals surface area contributed by atoms with Gasteiger partial charge in [0.25, 0.3) is 0 Å². The molecule has 2 aliphatic rings. The van der Waals surface area contributed by atoms with Crippen molar-refractivity contribution in [2.75, 3.05) is 13.1 Å². The van der Waals surface area contributed by atoms with Crippen molar-refractivity contribution in [1.29, 1.82) is 0 Å². The highest BCUT2D eigenvalue weighted by molar-refractivity contribution is 6.20. The van der Waals surface area contributed by atoms with Crippen LogP contribution in [0.4, 0.5) is 0 Å². The van der Waals surface area contributed by atoms with Crippen LogP contribution in [0.3, 0.4) is 0 Å². The van der Waals surface area contributed by atoms with Crippen LogP contribution in [-0.4, -0.2) is 40.6 Å². The molecule has 2 atom stereocenters. The quantitative estimate of drug-likeness (QED) is 0.553. The van der Waals surface area contributed by atoms with Crippen molar-refractivity contribution in [3.63, 3.8) is 0 Å². The summed E-state index contributed by atoms with van der Waals surface area (Å²) in [6.07, 6.45) is 8.07. The van der Waals surface area contributed by atoms with Gasteiger partial charge in [0.15, 0.2) is 0 Å². The van der Waals surface area contributed by atoms with Crippen molar-refractivity contribution in [3.8, 4) is 0 Å². The fraction of sp³-hybridized carbons (Fsp3) is 1.00. The van der Waals surface area contributed by atoms with Crippen LogP contribution >= 0.6 is 11.6 Å².